The lowest BCUT2D eigenvalue weighted by Gasteiger charge is -2.24. The Hall–Kier alpha value is -1.56. The van der Waals surface area contributed by atoms with Crippen LogP contribution >= 0.6 is 11.6 Å². The van der Waals surface area contributed by atoms with Gasteiger partial charge in [0.05, 0.1) is 22.3 Å². The number of phenolic OH excluding ortho intramolecular Hbond substituents is 2. The Labute approximate surface area is 147 Å². The van der Waals surface area contributed by atoms with Gasteiger partial charge in [0.1, 0.15) is 11.5 Å². The van der Waals surface area contributed by atoms with Gasteiger partial charge >= 0.3 is 0 Å². The summed E-state index contributed by atoms with van der Waals surface area (Å²) in [5.41, 5.74) is 0.340. The first-order valence-corrected chi connectivity index (χ1v) is 8.12. The standard InChI is InChI=1S/C18H25ClO5/c1-10(6-8-14(21)18(3,4)24)5-7-12-16(22)13(9-20)11(2)15(19)17(12)23/h5,9,14,21-24H,6-8H2,1-4H3/b10-5+. The molecule has 0 heterocycles. The highest BCUT2D eigenvalue weighted by Gasteiger charge is 2.24. The average molecular weight is 357 g/mol. The fraction of sp³-hybridized carbons (Fsp3) is 0.500. The first-order chi connectivity index (χ1) is 11.0. The van der Waals surface area contributed by atoms with E-state index in [1.165, 1.54) is 0 Å². The number of aliphatic hydroxyl groups is 2. The van der Waals surface area contributed by atoms with Crippen molar-refractivity contribution in [3.05, 3.63) is 33.4 Å². The molecule has 4 N–H and O–H groups in total. The summed E-state index contributed by atoms with van der Waals surface area (Å²) in [6, 6.07) is 0. The van der Waals surface area contributed by atoms with Gasteiger partial charge in [-0.15, -0.1) is 0 Å². The molecule has 0 saturated heterocycles. The van der Waals surface area contributed by atoms with E-state index in [0.29, 0.717) is 24.7 Å². The van der Waals surface area contributed by atoms with Gasteiger partial charge in [0.15, 0.2) is 6.29 Å². The van der Waals surface area contributed by atoms with Crippen LogP contribution in [-0.2, 0) is 6.42 Å². The highest BCUT2D eigenvalue weighted by molar-refractivity contribution is 6.33. The van der Waals surface area contributed by atoms with Crippen molar-refractivity contribution in [2.45, 2.75) is 58.7 Å². The molecule has 0 aliphatic carbocycles. The molecular weight excluding hydrogens is 332 g/mol. The minimum Gasteiger partial charge on any atom is -0.507 e. The van der Waals surface area contributed by atoms with E-state index in [-0.39, 0.29) is 34.1 Å². The van der Waals surface area contributed by atoms with Crippen LogP contribution in [0.25, 0.3) is 0 Å². The van der Waals surface area contributed by atoms with Gasteiger partial charge in [-0.3, -0.25) is 4.79 Å². The van der Waals surface area contributed by atoms with Crippen molar-refractivity contribution in [1.82, 2.24) is 0 Å². The van der Waals surface area contributed by atoms with Crippen molar-refractivity contribution in [2.75, 3.05) is 0 Å². The molecule has 0 radical (unpaired) electrons. The Morgan fingerprint density at radius 2 is 1.88 bits per heavy atom. The van der Waals surface area contributed by atoms with Crippen LogP contribution < -0.4 is 0 Å². The van der Waals surface area contributed by atoms with Crippen molar-refractivity contribution >= 4 is 17.9 Å². The van der Waals surface area contributed by atoms with Gasteiger partial charge in [-0.05, 0) is 52.5 Å². The summed E-state index contributed by atoms with van der Waals surface area (Å²) in [7, 11) is 0. The van der Waals surface area contributed by atoms with Crippen molar-refractivity contribution in [2.24, 2.45) is 0 Å². The van der Waals surface area contributed by atoms with Crippen molar-refractivity contribution in [1.29, 1.82) is 0 Å². The van der Waals surface area contributed by atoms with E-state index in [9.17, 15) is 25.2 Å². The summed E-state index contributed by atoms with van der Waals surface area (Å²) in [4.78, 5) is 11.1. The van der Waals surface area contributed by atoms with E-state index < -0.39 is 11.7 Å². The zero-order valence-electron chi connectivity index (χ0n) is 14.4. The van der Waals surface area contributed by atoms with E-state index in [1.807, 2.05) is 6.92 Å². The third kappa shape index (κ3) is 4.72. The number of carbonyl (C=O) groups is 1. The van der Waals surface area contributed by atoms with Gasteiger partial charge in [-0.1, -0.05) is 23.3 Å². The molecule has 6 heteroatoms. The van der Waals surface area contributed by atoms with Crippen LogP contribution in [0, 0.1) is 6.92 Å². The summed E-state index contributed by atoms with van der Waals surface area (Å²) in [6.07, 6.45) is 2.58. The third-order valence-corrected chi connectivity index (χ3v) is 4.63. The number of aldehydes is 1. The van der Waals surface area contributed by atoms with Gasteiger partial charge in [0, 0.05) is 5.56 Å². The van der Waals surface area contributed by atoms with Gasteiger partial charge in [0.2, 0.25) is 0 Å². The lowest BCUT2D eigenvalue weighted by molar-refractivity contribution is -0.0509. The highest BCUT2D eigenvalue weighted by Crippen LogP contribution is 2.40. The Bertz CT molecular complexity index is 644. The van der Waals surface area contributed by atoms with Crippen LogP contribution in [0.3, 0.4) is 0 Å². The monoisotopic (exact) mass is 356 g/mol. The van der Waals surface area contributed by atoms with E-state index >= 15 is 0 Å². The molecule has 24 heavy (non-hydrogen) atoms. The fourth-order valence-electron chi connectivity index (χ4n) is 2.31. The maximum absolute atomic E-state index is 11.1. The number of allylic oxidation sites excluding steroid dienone is 2. The van der Waals surface area contributed by atoms with E-state index in [4.69, 9.17) is 11.6 Å². The zero-order valence-corrected chi connectivity index (χ0v) is 15.2. The maximum atomic E-state index is 11.1. The van der Waals surface area contributed by atoms with Crippen LogP contribution in [0.5, 0.6) is 11.5 Å². The van der Waals surface area contributed by atoms with Gasteiger partial charge < -0.3 is 20.4 Å². The first-order valence-electron chi connectivity index (χ1n) is 7.74. The SMILES string of the molecule is C/C(=C\Cc1c(O)c(Cl)c(C)c(C=O)c1O)CCC(O)C(C)(C)O. The quantitative estimate of drug-likeness (QED) is 0.444. The molecule has 0 amide bonds. The molecule has 1 unspecified atom stereocenters. The molecule has 1 atom stereocenters. The van der Waals surface area contributed by atoms with Crippen molar-refractivity contribution < 1.29 is 25.2 Å². The number of hydrogen-bond donors (Lipinski definition) is 4. The van der Waals surface area contributed by atoms with E-state index in [2.05, 4.69) is 0 Å². The summed E-state index contributed by atoms with van der Waals surface area (Å²) in [5.74, 6) is -0.511. The summed E-state index contributed by atoms with van der Waals surface area (Å²) < 4.78 is 0. The normalized spacial score (nSPS) is 13.9. The van der Waals surface area contributed by atoms with Crippen molar-refractivity contribution in [3.63, 3.8) is 0 Å². The van der Waals surface area contributed by atoms with Crippen LogP contribution in [0.15, 0.2) is 11.6 Å². The molecule has 0 aliphatic rings. The van der Waals surface area contributed by atoms with E-state index in [0.717, 1.165) is 5.57 Å². The zero-order chi connectivity index (χ0) is 18.7. The number of halogens is 1. The van der Waals surface area contributed by atoms with Crippen LogP contribution in [0.4, 0.5) is 0 Å². The number of benzene rings is 1. The smallest absolute Gasteiger partial charge is 0.154 e. The fourth-order valence-corrected chi connectivity index (χ4v) is 2.53. The Morgan fingerprint density at radius 3 is 2.38 bits per heavy atom. The Morgan fingerprint density at radius 1 is 1.29 bits per heavy atom. The third-order valence-electron chi connectivity index (χ3n) is 4.17. The second kappa shape index (κ2) is 8.01. The molecule has 1 rings (SSSR count). The first kappa shape index (κ1) is 20.5. The maximum Gasteiger partial charge on any atom is 0.154 e. The molecule has 5 nitrogen and oxygen atoms in total. The summed E-state index contributed by atoms with van der Waals surface area (Å²) in [5, 5.41) is 39.9. The highest BCUT2D eigenvalue weighted by atomic mass is 35.5. The molecule has 1 aromatic rings. The van der Waals surface area contributed by atoms with Crippen LogP contribution in [0.2, 0.25) is 5.02 Å². The second-order valence-electron chi connectivity index (χ2n) is 6.61. The molecule has 0 aliphatic heterocycles. The van der Waals surface area contributed by atoms with Crippen molar-refractivity contribution in [3.8, 4) is 11.5 Å². The van der Waals surface area contributed by atoms with Crippen LogP contribution in [-0.4, -0.2) is 38.4 Å². The second-order valence-corrected chi connectivity index (χ2v) is 6.99. The predicted molar refractivity (Wildman–Crippen MR) is 93.9 cm³/mol. The summed E-state index contributed by atoms with van der Waals surface area (Å²) in [6.45, 7) is 6.49. The molecule has 0 bridgehead atoms. The lowest BCUT2D eigenvalue weighted by Crippen LogP contribution is -2.35. The molecule has 0 spiro atoms. The molecule has 0 fully saturated rings. The van der Waals surface area contributed by atoms with Gasteiger partial charge in [0.25, 0.3) is 0 Å². The van der Waals surface area contributed by atoms with Crippen LogP contribution in [0.1, 0.15) is 55.1 Å². The number of carbonyl (C=O) groups excluding carboxylic acids is 1. The predicted octanol–water partition coefficient (Wildman–Crippen LogP) is 3.27. The molecule has 134 valence electrons. The number of aromatic hydroxyl groups is 2. The summed E-state index contributed by atoms with van der Waals surface area (Å²) >= 11 is 6.01. The molecule has 0 aromatic heterocycles. The number of aliphatic hydroxyl groups excluding tert-OH is 1. The number of rotatable bonds is 7. The lowest BCUT2D eigenvalue weighted by atomic mass is 9.95. The largest absolute Gasteiger partial charge is 0.507 e. The molecule has 0 saturated carbocycles. The Balaban J connectivity index is 2.94. The topological polar surface area (TPSA) is 98.0 Å². The molecule has 1 aromatic carbocycles. The number of hydrogen-bond acceptors (Lipinski definition) is 5. The number of phenols is 2. The van der Waals surface area contributed by atoms with E-state index in [1.54, 1.807) is 26.8 Å². The minimum absolute atomic E-state index is 0.0494. The minimum atomic E-state index is -1.17. The Kier molecular flexibility index (Phi) is 6.84. The van der Waals surface area contributed by atoms with Gasteiger partial charge in [-0.25, -0.2) is 0 Å². The molecular formula is C18H25ClO5. The van der Waals surface area contributed by atoms with Gasteiger partial charge in [-0.2, -0.15) is 0 Å². The average Bonchev–Trinajstić information content (AvgIpc) is 2.50.